The number of hydrogen-bond donors (Lipinski definition) is 1. The molecule has 15 heavy (non-hydrogen) atoms. The maximum Gasteiger partial charge on any atom is 0.254 e. The summed E-state index contributed by atoms with van der Waals surface area (Å²) in [6.45, 7) is 1.96. The maximum atomic E-state index is 11.9. The number of hydrogen-bond acceptors (Lipinski definition) is 3. The molecular formula is C11H16N2OS. The number of fused-ring (bicyclic) bond motifs is 1. The lowest BCUT2D eigenvalue weighted by molar-refractivity contribution is 0.305. The third-order valence-electron chi connectivity index (χ3n) is 3.04. The normalized spacial score (nSPS) is 16.5. The van der Waals surface area contributed by atoms with Crippen molar-refractivity contribution in [2.45, 2.75) is 18.7 Å². The van der Waals surface area contributed by atoms with Crippen LogP contribution in [0.1, 0.15) is 16.8 Å². The van der Waals surface area contributed by atoms with Gasteiger partial charge in [0.05, 0.1) is 0 Å². The fourth-order valence-corrected chi connectivity index (χ4v) is 2.38. The van der Waals surface area contributed by atoms with Gasteiger partial charge in [0.2, 0.25) is 0 Å². The van der Waals surface area contributed by atoms with Gasteiger partial charge in [-0.15, -0.1) is 0 Å². The van der Waals surface area contributed by atoms with Gasteiger partial charge < -0.3 is 9.47 Å². The molecule has 0 spiro atoms. The molecule has 4 heteroatoms. The van der Waals surface area contributed by atoms with E-state index in [0.29, 0.717) is 5.75 Å². The van der Waals surface area contributed by atoms with Crippen LogP contribution in [0.15, 0.2) is 10.9 Å². The van der Waals surface area contributed by atoms with Gasteiger partial charge in [-0.1, -0.05) is 0 Å². The summed E-state index contributed by atoms with van der Waals surface area (Å²) in [5.74, 6) is 0.518. The van der Waals surface area contributed by atoms with Crippen molar-refractivity contribution in [1.82, 2.24) is 9.47 Å². The Morgan fingerprint density at radius 3 is 2.87 bits per heavy atom. The second kappa shape index (κ2) is 4.02. The van der Waals surface area contributed by atoms with E-state index in [4.69, 9.17) is 0 Å². The first-order chi connectivity index (χ1) is 7.13. The number of rotatable bonds is 1. The van der Waals surface area contributed by atoms with Crippen LogP contribution in [0.25, 0.3) is 0 Å². The van der Waals surface area contributed by atoms with Gasteiger partial charge >= 0.3 is 0 Å². The zero-order valence-corrected chi connectivity index (χ0v) is 10.1. The molecule has 0 amide bonds. The van der Waals surface area contributed by atoms with Crippen molar-refractivity contribution >= 4 is 12.6 Å². The van der Waals surface area contributed by atoms with Crippen LogP contribution in [0, 0.1) is 0 Å². The molecule has 2 rings (SSSR count). The van der Waals surface area contributed by atoms with Crippen molar-refractivity contribution in [1.29, 1.82) is 0 Å². The fourth-order valence-electron chi connectivity index (χ4n) is 2.15. The van der Waals surface area contributed by atoms with Crippen LogP contribution >= 0.6 is 12.6 Å². The van der Waals surface area contributed by atoms with Crippen LogP contribution in [0.2, 0.25) is 0 Å². The molecule has 0 N–H and O–H groups in total. The van der Waals surface area contributed by atoms with Crippen LogP contribution in [-0.2, 0) is 25.8 Å². The van der Waals surface area contributed by atoms with E-state index >= 15 is 0 Å². The minimum atomic E-state index is 0.105. The zero-order chi connectivity index (χ0) is 11.0. The summed E-state index contributed by atoms with van der Waals surface area (Å²) in [6, 6.07) is 2.01. The smallest absolute Gasteiger partial charge is 0.254 e. The summed E-state index contributed by atoms with van der Waals surface area (Å²) in [5.41, 5.74) is 3.36. The quantitative estimate of drug-likeness (QED) is 0.714. The highest BCUT2D eigenvalue weighted by Crippen LogP contribution is 2.17. The van der Waals surface area contributed by atoms with Crippen LogP contribution < -0.4 is 5.56 Å². The van der Waals surface area contributed by atoms with Gasteiger partial charge in [0.1, 0.15) is 0 Å². The van der Waals surface area contributed by atoms with Gasteiger partial charge in [0, 0.05) is 43.6 Å². The van der Waals surface area contributed by atoms with E-state index in [-0.39, 0.29) is 5.56 Å². The van der Waals surface area contributed by atoms with E-state index in [1.807, 2.05) is 13.1 Å². The highest BCUT2D eigenvalue weighted by Gasteiger charge is 2.17. The fraction of sp³-hybridized carbons (Fsp3) is 0.545. The second-order valence-corrected chi connectivity index (χ2v) is 4.47. The molecule has 0 unspecified atom stereocenters. The predicted molar refractivity (Wildman–Crippen MR) is 64.4 cm³/mol. The van der Waals surface area contributed by atoms with Gasteiger partial charge in [0.15, 0.2) is 0 Å². The van der Waals surface area contributed by atoms with E-state index in [1.54, 1.807) is 4.57 Å². The molecule has 1 aromatic rings. The summed E-state index contributed by atoms with van der Waals surface area (Å²) in [5, 5.41) is 0. The molecule has 1 aliphatic heterocycles. The van der Waals surface area contributed by atoms with E-state index in [2.05, 4.69) is 24.6 Å². The van der Waals surface area contributed by atoms with Gasteiger partial charge in [-0.2, -0.15) is 12.6 Å². The molecule has 0 aromatic carbocycles. The second-order valence-electron chi connectivity index (χ2n) is 4.15. The first-order valence-corrected chi connectivity index (χ1v) is 5.76. The Balaban J connectivity index is 2.58. The number of nitrogens with zero attached hydrogens (tertiary/aromatic N) is 2. The van der Waals surface area contributed by atoms with Gasteiger partial charge in [-0.25, -0.2) is 0 Å². The molecule has 82 valence electrons. The Kier molecular flexibility index (Phi) is 2.89. The largest absolute Gasteiger partial charge is 0.315 e. The minimum absolute atomic E-state index is 0.105. The average Bonchev–Trinajstić information content (AvgIpc) is 2.23. The van der Waals surface area contributed by atoms with Gasteiger partial charge in [0.25, 0.3) is 5.56 Å². The lowest BCUT2D eigenvalue weighted by Gasteiger charge is -2.27. The monoisotopic (exact) mass is 224 g/mol. The van der Waals surface area contributed by atoms with E-state index < -0.39 is 0 Å². The van der Waals surface area contributed by atoms with Crippen molar-refractivity contribution in [2.75, 3.05) is 13.6 Å². The van der Waals surface area contributed by atoms with Crippen LogP contribution in [0.5, 0.6) is 0 Å². The van der Waals surface area contributed by atoms with Gasteiger partial charge in [-0.3, -0.25) is 4.79 Å². The Labute approximate surface area is 95.1 Å². The first kappa shape index (κ1) is 10.8. The molecule has 1 aromatic heterocycles. The molecule has 0 saturated carbocycles. The van der Waals surface area contributed by atoms with E-state index in [1.165, 1.54) is 11.3 Å². The Morgan fingerprint density at radius 1 is 1.47 bits per heavy atom. The minimum Gasteiger partial charge on any atom is -0.315 e. The molecule has 0 fully saturated rings. The van der Waals surface area contributed by atoms with Crippen LogP contribution in [-0.4, -0.2) is 23.1 Å². The zero-order valence-electron chi connectivity index (χ0n) is 9.16. The summed E-state index contributed by atoms with van der Waals surface area (Å²) in [6.07, 6.45) is 0.963. The SMILES string of the molecule is CN1CCc2c(cc(CS)c(=O)n2C)C1. The van der Waals surface area contributed by atoms with Gasteiger partial charge in [-0.05, 0) is 18.7 Å². The highest BCUT2D eigenvalue weighted by atomic mass is 32.1. The number of aromatic nitrogens is 1. The van der Waals surface area contributed by atoms with Crippen LogP contribution in [0.3, 0.4) is 0 Å². The molecule has 0 aliphatic carbocycles. The summed E-state index contributed by atoms with van der Waals surface area (Å²) < 4.78 is 1.79. The lowest BCUT2D eigenvalue weighted by Crippen LogP contribution is -2.33. The van der Waals surface area contributed by atoms with Crippen molar-refractivity contribution in [3.05, 3.63) is 33.2 Å². The van der Waals surface area contributed by atoms with Crippen molar-refractivity contribution in [3.8, 4) is 0 Å². The van der Waals surface area contributed by atoms with Crippen LogP contribution in [0.4, 0.5) is 0 Å². The molecular weight excluding hydrogens is 208 g/mol. The molecule has 0 saturated heterocycles. The third kappa shape index (κ3) is 1.84. The Morgan fingerprint density at radius 2 is 2.20 bits per heavy atom. The topological polar surface area (TPSA) is 25.2 Å². The lowest BCUT2D eigenvalue weighted by atomic mass is 10.0. The third-order valence-corrected chi connectivity index (χ3v) is 3.38. The molecule has 2 heterocycles. The summed E-state index contributed by atoms with van der Waals surface area (Å²) in [7, 11) is 3.97. The predicted octanol–water partition coefficient (Wildman–Crippen LogP) is 0.803. The number of thiol groups is 1. The van der Waals surface area contributed by atoms with Crippen molar-refractivity contribution < 1.29 is 0 Å². The van der Waals surface area contributed by atoms with Crippen molar-refractivity contribution in [3.63, 3.8) is 0 Å². The molecule has 1 aliphatic rings. The number of likely N-dealkylation sites (N-methyl/N-ethyl adjacent to an activating group) is 1. The van der Waals surface area contributed by atoms with Crippen molar-refractivity contribution in [2.24, 2.45) is 7.05 Å². The average molecular weight is 224 g/mol. The Hall–Kier alpha value is -0.740. The first-order valence-electron chi connectivity index (χ1n) is 5.13. The molecule has 3 nitrogen and oxygen atoms in total. The van der Waals surface area contributed by atoms with E-state index in [9.17, 15) is 4.79 Å². The number of pyridine rings is 1. The molecule has 0 bridgehead atoms. The highest BCUT2D eigenvalue weighted by molar-refractivity contribution is 7.79. The standard InChI is InChI=1S/C11H16N2OS/c1-12-4-3-10-8(6-12)5-9(7-15)11(14)13(10)2/h5,15H,3-4,6-7H2,1-2H3. The summed E-state index contributed by atoms with van der Waals surface area (Å²) >= 11 is 4.19. The Bertz CT molecular complexity index is 439. The van der Waals surface area contributed by atoms with E-state index in [0.717, 1.165) is 25.1 Å². The molecule has 0 radical (unpaired) electrons. The molecule has 0 atom stereocenters. The maximum absolute atomic E-state index is 11.9. The summed E-state index contributed by atoms with van der Waals surface area (Å²) in [4.78, 5) is 14.1.